The number of benzene rings is 1. The quantitative estimate of drug-likeness (QED) is 0.690. The Labute approximate surface area is 93.2 Å². The second kappa shape index (κ2) is 5.10. The van der Waals surface area contributed by atoms with Crippen molar-refractivity contribution in [1.29, 1.82) is 0 Å². The molecule has 0 atom stereocenters. The minimum absolute atomic E-state index is 0.693. The van der Waals surface area contributed by atoms with E-state index in [0.29, 0.717) is 6.61 Å². The Kier molecular flexibility index (Phi) is 4.06. The SMILES string of the molecule is C=C[Si](C=C)(OCC)c1ccccc1C. The number of hydrogen-bond acceptors (Lipinski definition) is 1. The highest BCUT2D eigenvalue weighted by Crippen LogP contribution is 2.11. The molecular weight excluding hydrogens is 200 g/mol. The monoisotopic (exact) mass is 218 g/mol. The van der Waals surface area contributed by atoms with Crippen molar-refractivity contribution in [2.24, 2.45) is 0 Å². The van der Waals surface area contributed by atoms with E-state index >= 15 is 0 Å². The average molecular weight is 218 g/mol. The van der Waals surface area contributed by atoms with Gasteiger partial charge in [0, 0.05) is 6.61 Å². The van der Waals surface area contributed by atoms with Gasteiger partial charge in [-0.15, -0.1) is 13.2 Å². The highest BCUT2D eigenvalue weighted by molar-refractivity contribution is 6.95. The fourth-order valence-electron chi connectivity index (χ4n) is 1.75. The smallest absolute Gasteiger partial charge is 0.272 e. The fourth-order valence-corrected chi connectivity index (χ4v) is 4.28. The van der Waals surface area contributed by atoms with Crippen molar-refractivity contribution in [3.63, 3.8) is 0 Å². The van der Waals surface area contributed by atoms with Crippen molar-refractivity contribution < 1.29 is 4.43 Å². The van der Waals surface area contributed by atoms with E-state index in [1.165, 1.54) is 10.8 Å². The fraction of sp³-hybridized carbons (Fsp3) is 0.231. The van der Waals surface area contributed by atoms with E-state index in [0.717, 1.165) is 0 Å². The van der Waals surface area contributed by atoms with Crippen molar-refractivity contribution in [2.45, 2.75) is 13.8 Å². The molecule has 0 amide bonds. The van der Waals surface area contributed by atoms with Gasteiger partial charge in [0.05, 0.1) is 0 Å². The molecule has 2 heteroatoms. The normalized spacial score (nSPS) is 11.1. The molecule has 0 aromatic heterocycles. The summed E-state index contributed by atoms with van der Waals surface area (Å²) in [6, 6.07) is 8.29. The molecule has 0 saturated carbocycles. The van der Waals surface area contributed by atoms with Gasteiger partial charge in [0.25, 0.3) is 8.32 Å². The van der Waals surface area contributed by atoms with Gasteiger partial charge < -0.3 is 4.43 Å². The van der Waals surface area contributed by atoms with Crippen LogP contribution in [0.15, 0.2) is 48.8 Å². The van der Waals surface area contributed by atoms with Crippen LogP contribution in [0.3, 0.4) is 0 Å². The van der Waals surface area contributed by atoms with E-state index in [9.17, 15) is 0 Å². The highest BCUT2D eigenvalue weighted by Gasteiger charge is 2.31. The zero-order valence-corrected chi connectivity index (χ0v) is 10.5. The topological polar surface area (TPSA) is 9.23 Å². The Morgan fingerprint density at radius 1 is 1.27 bits per heavy atom. The maximum absolute atomic E-state index is 5.90. The van der Waals surface area contributed by atoms with Gasteiger partial charge in [-0.05, 0) is 24.6 Å². The first-order valence-electron chi connectivity index (χ1n) is 5.17. The van der Waals surface area contributed by atoms with Gasteiger partial charge in [-0.25, -0.2) is 0 Å². The molecule has 0 N–H and O–H groups in total. The second-order valence-electron chi connectivity index (χ2n) is 3.45. The predicted molar refractivity (Wildman–Crippen MR) is 68.6 cm³/mol. The molecule has 0 fully saturated rings. The van der Waals surface area contributed by atoms with E-state index in [-0.39, 0.29) is 0 Å². The van der Waals surface area contributed by atoms with E-state index in [1.807, 2.05) is 30.5 Å². The first-order chi connectivity index (χ1) is 7.20. The predicted octanol–water partition coefficient (Wildman–Crippen LogP) is 2.63. The van der Waals surface area contributed by atoms with Gasteiger partial charge in [-0.3, -0.25) is 0 Å². The van der Waals surface area contributed by atoms with Crippen LogP contribution in [-0.4, -0.2) is 14.9 Å². The lowest BCUT2D eigenvalue weighted by molar-refractivity contribution is 0.346. The Hall–Kier alpha value is -1.12. The molecule has 15 heavy (non-hydrogen) atoms. The van der Waals surface area contributed by atoms with Gasteiger partial charge in [-0.2, -0.15) is 0 Å². The lowest BCUT2D eigenvalue weighted by Gasteiger charge is -2.25. The summed E-state index contributed by atoms with van der Waals surface area (Å²) in [5, 5.41) is 1.25. The van der Waals surface area contributed by atoms with Crippen LogP contribution in [0.1, 0.15) is 12.5 Å². The molecule has 0 unspecified atom stereocenters. The van der Waals surface area contributed by atoms with Crippen LogP contribution in [0.5, 0.6) is 0 Å². The molecule has 0 spiro atoms. The molecular formula is C13H18OSi. The molecule has 0 bridgehead atoms. The summed E-state index contributed by atoms with van der Waals surface area (Å²) in [5.74, 6) is 0. The molecule has 1 rings (SSSR count). The Morgan fingerprint density at radius 2 is 1.87 bits per heavy atom. The zero-order chi connectivity index (χ0) is 11.3. The van der Waals surface area contributed by atoms with Crippen LogP contribution >= 0.6 is 0 Å². The van der Waals surface area contributed by atoms with Crippen molar-refractivity contribution >= 4 is 13.5 Å². The molecule has 0 aliphatic rings. The molecule has 1 nitrogen and oxygen atoms in total. The maximum Gasteiger partial charge on any atom is 0.272 e. The summed E-state index contributed by atoms with van der Waals surface area (Å²) in [6.45, 7) is 12.6. The molecule has 0 aliphatic heterocycles. The van der Waals surface area contributed by atoms with Gasteiger partial charge in [0.2, 0.25) is 0 Å². The van der Waals surface area contributed by atoms with Gasteiger partial charge in [-0.1, -0.05) is 35.7 Å². The lowest BCUT2D eigenvalue weighted by Crippen LogP contribution is -2.49. The number of rotatable bonds is 5. The Bertz CT molecular complexity index is 349. The van der Waals surface area contributed by atoms with E-state index in [2.05, 4.69) is 32.2 Å². The summed E-state index contributed by atoms with van der Waals surface area (Å²) in [4.78, 5) is 0. The molecule has 80 valence electrons. The Balaban J connectivity index is 3.25. The van der Waals surface area contributed by atoms with Crippen molar-refractivity contribution in [2.75, 3.05) is 6.61 Å². The van der Waals surface area contributed by atoms with E-state index < -0.39 is 8.32 Å². The van der Waals surface area contributed by atoms with Crippen LogP contribution in [-0.2, 0) is 4.43 Å². The van der Waals surface area contributed by atoms with Gasteiger partial charge in [0.1, 0.15) is 0 Å². The summed E-state index contributed by atoms with van der Waals surface area (Å²) in [6.07, 6.45) is 0. The van der Waals surface area contributed by atoms with Crippen molar-refractivity contribution in [3.8, 4) is 0 Å². The third kappa shape index (κ3) is 2.28. The largest absolute Gasteiger partial charge is 0.405 e. The highest BCUT2D eigenvalue weighted by atomic mass is 28.4. The Morgan fingerprint density at radius 3 is 2.33 bits per heavy atom. The van der Waals surface area contributed by atoms with Crippen LogP contribution in [0, 0.1) is 6.92 Å². The minimum Gasteiger partial charge on any atom is -0.405 e. The molecule has 1 aromatic rings. The maximum atomic E-state index is 5.90. The second-order valence-corrected chi connectivity index (χ2v) is 6.68. The van der Waals surface area contributed by atoms with Gasteiger partial charge in [0.15, 0.2) is 0 Å². The lowest BCUT2D eigenvalue weighted by atomic mass is 10.2. The van der Waals surface area contributed by atoms with E-state index in [4.69, 9.17) is 4.43 Å². The van der Waals surface area contributed by atoms with Crippen LogP contribution in [0.2, 0.25) is 0 Å². The van der Waals surface area contributed by atoms with Crippen molar-refractivity contribution in [3.05, 3.63) is 54.4 Å². The zero-order valence-electron chi connectivity index (χ0n) is 9.49. The first kappa shape index (κ1) is 11.9. The summed E-state index contributed by atoms with van der Waals surface area (Å²) in [5.41, 5.74) is 5.12. The van der Waals surface area contributed by atoms with Crippen LogP contribution < -0.4 is 5.19 Å². The number of aryl methyl sites for hydroxylation is 1. The third-order valence-corrected chi connectivity index (χ3v) is 5.94. The molecule has 0 saturated heterocycles. The van der Waals surface area contributed by atoms with Crippen molar-refractivity contribution in [1.82, 2.24) is 0 Å². The third-order valence-electron chi connectivity index (χ3n) is 2.56. The number of hydrogen-bond donors (Lipinski definition) is 0. The molecule has 0 heterocycles. The first-order valence-corrected chi connectivity index (χ1v) is 7.23. The van der Waals surface area contributed by atoms with E-state index in [1.54, 1.807) is 0 Å². The van der Waals surface area contributed by atoms with Gasteiger partial charge >= 0.3 is 0 Å². The summed E-state index contributed by atoms with van der Waals surface area (Å²) >= 11 is 0. The standard InChI is InChI=1S/C13H18OSi/c1-5-14-15(6-2,7-3)13-11-9-8-10-12(13)4/h6-11H,2-3,5H2,1,4H3. The summed E-state index contributed by atoms with van der Waals surface area (Å²) in [7, 11) is -2.14. The molecule has 0 aliphatic carbocycles. The minimum atomic E-state index is -2.14. The van der Waals surface area contributed by atoms with Crippen LogP contribution in [0.4, 0.5) is 0 Å². The molecule has 0 radical (unpaired) electrons. The molecule has 1 aromatic carbocycles. The average Bonchev–Trinajstić information content (AvgIpc) is 2.27. The van der Waals surface area contributed by atoms with Crippen LogP contribution in [0.25, 0.3) is 0 Å². The summed E-state index contributed by atoms with van der Waals surface area (Å²) < 4.78 is 5.90.